The van der Waals surface area contributed by atoms with E-state index in [9.17, 15) is 4.79 Å². The maximum Gasteiger partial charge on any atom is 0.224 e. The van der Waals surface area contributed by atoms with Crippen molar-refractivity contribution in [3.8, 4) is 5.69 Å². The van der Waals surface area contributed by atoms with Crippen LogP contribution in [0.5, 0.6) is 0 Å². The Morgan fingerprint density at radius 3 is 2.70 bits per heavy atom. The molecular weight excluding hydrogens is 421 g/mol. The summed E-state index contributed by atoms with van der Waals surface area (Å²) in [6.07, 6.45) is 4.41. The molecule has 2 heterocycles. The van der Waals surface area contributed by atoms with Crippen molar-refractivity contribution in [3.63, 3.8) is 0 Å². The molecule has 1 aliphatic rings. The summed E-state index contributed by atoms with van der Waals surface area (Å²) in [5.74, 6) is 0.808. The quantitative estimate of drug-likeness (QED) is 0.558. The average molecular weight is 444 g/mol. The lowest BCUT2D eigenvalue weighted by Gasteiger charge is -2.09. The largest absolute Gasteiger partial charge is 0.367 e. The summed E-state index contributed by atoms with van der Waals surface area (Å²) in [5.41, 5.74) is 4.45. The Bertz CT molecular complexity index is 1090. The summed E-state index contributed by atoms with van der Waals surface area (Å²) in [6.45, 7) is 4.31. The van der Waals surface area contributed by atoms with Gasteiger partial charge in [-0.2, -0.15) is 5.10 Å². The zero-order valence-electron chi connectivity index (χ0n) is 16.9. The van der Waals surface area contributed by atoms with E-state index in [1.165, 1.54) is 12.8 Å². The van der Waals surface area contributed by atoms with Crippen molar-refractivity contribution >= 4 is 34.9 Å². The maximum atomic E-state index is 12.6. The SMILES string of the molecule is Cc1nn(-c2ccc(Cl)c(Cl)c2)c(C)c1CC(=O)NCc1ccnc(NC2CC2)c1. The van der Waals surface area contributed by atoms with Crippen molar-refractivity contribution in [3.05, 3.63) is 69.1 Å². The zero-order chi connectivity index (χ0) is 21.3. The first kappa shape index (κ1) is 20.7. The molecule has 0 aliphatic heterocycles. The summed E-state index contributed by atoms with van der Waals surface area (Å²) >= 11 is 12.2. The highest BCUT2D eigenvalue weighted by molar-refractivity contribution is 6.42. The molecule has 0 bridgehead atoms. The Hall–Kier alpha value is -2.57. The summed E-state index contributed by atoms with van der Waals surface area (Å²) in [7, 11) is 0. The molecule has 1 fully saturated rings. The highest BCUT2D eigenvalue weighted by atomic mass is 35.5. The van der Waals surface area contributed by atoms with Gasteiger partial charge in [-0.15, -0.1) is 0 Å². The van der Waals surface area contributed by atoms with E-state index in [2.05, 4.69) is 20.7 Å². The van der Waals surface area contributed by atoms with Gasteiger partial charge in [-0.3, -0.25) is 4.79 Å². The van der Waals surface area contributed by atoms with Crippen molar-refractivity contribution in [1.29, 1.82) is 0 Å². The van der Waals surface area contributed by atoms with Gasteiger partial charge >= 0.3 is 0 Å². The molecule has 0 atom stereocenters. The molecule has 1 aliphatic carbocycles. The van der Waals surface area contributed by atoms with Gasteiger partial charge in [-0.1, -0.05) is 23.2 Å². The van der Waals surface area contributed by atoms with Gasteiger partial charge in [-0.05, 0) is 62.6 Å². The van der Waals surface area contributed by atoms with E-state index in [0.29, 0.717) is 22.6 Å². The molecule has 8 heteroatoms. The van der Waals surface area contributed by atoms with Gasteiger partial charge in [-0.25, -0.2) is 9.67 Å². The number of aromatic nitrogens is 3. The van der Waals surface area contributed by atoms with Crippen LogP contribution in [-0.4, -0.2) is 26.7 Å². The summed E-state index contributed by atoms with van der Waals surface area (Å²) in [6, 6.07) is 9.80. The van der Waals surface area contributed by atoms with Gasteiger partial charge in [0.25, 0.3) is 0 Å². The number of hydrogen-bond donors (Lipinski definition) is 2. The number of nitrogens with one attached hydrogen (secondary N) is 2. The molecule has 30 heavy (non-hydrogen) atoms. The first-order valence-electron chi connectivity index (χ1n) is 9.89. The molecule has 2 N–H and O–H groups in total. The van der Waals surface area contributed by atoms with Crippen LogP contribution in [0, 0.1) is 13.8 Å². The lowest BCUT2D eigenvalue weighted by atomic mass is 10.1. The van der Waals surface area contributed by atoms with Gasteiger partial charge in [0.05, 0.1) is 27.8 Å². The minimum Gasteiger partial charge on any atom is -0.367 e. The molecular formula is C22H23Cl2N5O. The summed E-state index contributed by atoms with van der Waals surface area (Å²) < 4.78 is 1.79. The monoisotopic (exact) mass is 443 g/mol. The highest BCUT2D eigenvalue weighted by Gasteiger charge is 2.21. The van der Waals surface area contributed by atoms with Gasteiger partial charge in [0, 0.05) is 30.0 Å². The second kappa shape index (κ2) is 8.66. The molecule has 1 saturated carbocycles. The molecule has 6 nitrogen and oxygen atoms in total. The van der Waals surface area contributed by atoms with Crippen molar-refractivity contribution in [2.24, 2.45) is 0 Å². The molecule has 0 spiro atoms. The molecule has 1 aromatic carbocycles. The third kappa shape index (κ3) is 4.77. The Labute approximate surface area is 185 Å². The average Bonchev–Trinajstić information content (AvgIpc) is 3.49. The van der Waals surface area contributed by atoms with E-state index in [0.717, 1.165) is 34.0 Å². The maximum absolute atomic E-state index is 12.6. The number of nitrogens with zero attached hydrogens (tertiary/aromatic N) is 3. The van der Waals surface area contributed by atoms with E-state index in [4.69, 9.17) is 23.2 Å². The van der Waals surface area contributed by atoms with Crippen LogP contribution in [0.1, 0.15) is 35.4 Å². The van der Waals surface area contributed by atoms with Crippen LogP contribution >= 0.6 is 23.2 Å². The number of pyridine rings is 1. The number of amides is 1. The van der Waals surface area contributed by atoms with Crippen molar-refractivity contribution in [2.45, 2.75) is 45.7 Å². The van der Waals surface area contributed by atoms with Gasteiger partial charge < -0.3 is 10.6 Å². The minimum atomic E-state index is -0.0524. The number of halogens is 2. The van der Waals surface area contributed by atoms with Crippen molar-refractivity contribution < 1.29 is 4.79 Å². The Morgan fingerprint density at radius 1 is 1.17 bits per heavy atom. The lowest BCUT2D eigenvalue weighted by Crippen LogP contribution is -2.25. The van der Waals surface area contributed by atoms with Gasteiger partial charge in [0.2, 0.25) is 5.91 Å². The van der Waals surface area contributed by atoms with Crippen molar-refractivity contribution in [1.82, 2.24) is 20.1 Å². The predicted octanol–water partition coefficient (Wildman–Crippen LogP) is 4.62. The van der Waals surface area contributed by atoms with E-state index >= 15 is 0 Å². The number of aryl methyl sites for hydroxylation is 1. The zero-order valence-corrected chi connectivity index (χ0v) is 18.4. The number of hydrogen-bond acceptors (Lipinski definition) is 4. The summed E-state index contributed by atoms with van der Waals surface area (Å²) in [4.78, 5) is 16.9. The topological polar surface area (TPSA) is 71.8 Å². The second-order valence-corrected chi connectivity index (χ2v) is 8.40. The third-order valence-electron chi connectivity index (χ3n) is 5.17. The number of rotatable bonds is 7. The molecule has 0 unspecified atom stereocenters. The number of anilines is 1. The third-order valence-corrected chi connectivity index (χ3v) is 5.91. The van der Waals surface area contributed by atoms with E-state index in [-0.39, 0.29) is 12.3 Å². The van der Waals surface area contributed by atoms with Crippen LogP contribution in [0.2, 0.25) is 10.0 Å². The minimum absolute atomic E-state index is 0.0524. The Balaban J connectivity index is 1.42. The van der Waals surface area contributed by atoms with E-state index in [1.807, 2.05) is 32.0 Å². The predicted molar refractivity (Wildman–Crippen MR) is 119 cm³/mol. The van der Waals surface area contributed by atoms with Gasteiger partial charge in [0.15, 0.2) is 0 Å². The van der Waals surface area contributed by atoms with Crippen LogP contribution in [0.25, 0.3) is 5.69 Å². The van der Waals surface area contributed by atoms with Crippen LogP contribution in [-0.2, 0) is 17.8 Å². The first-order chi connectivity index (χ1) is 14.4. The molecule has 4 rings (SSSR count). The molecule has 0 saturated heterocycles. The highest BCUT2D eigenvalue weighted by Crippen LogP contribution is 2.26. The first-order valence-corrected chi connectivity index (χ1v) is 10.6. The number of carbonyl (C=O) groups excluding carboxylic acids is 1. The normalized spacial score (nSPS) is 13.3. The number of benzene rings is 1. The standard InChI is InChI=1S/C22H23Cl2N5O/c1-13-18(14(2)29(28-13)17-5-6-19(23)20(24)10-17)11-22(30)26-12-15-7-8-25-21(9-15)27-16-3-4-16/h5-10,16H,3-4,11-12H2,1-2H3,(H,25,27)(H,26,30). The Kier molecular flexibility index (Phi) is 5.97. The molecule has 156 valence electrons. The van der Waals surface area contributed by atoms with Crippen LogP contribution < -0.4 is 10.6 Å². The van der Waals surface area contributed by atoms with Crippen LogP contribution in [0.4, 0.5) is 5.82 Å². The Morgan fingerprint density at radius 2 is 1.97 bits per heavy atom. The number of carbonyl (C=O) groups is 1. The smallest absolute Gasteiger partial charge is 0.224 e. The fourth-order valence-corrected chi connectivity index (χ4v) is 3.62. The lowest BCUT2D eigenvalue weighted by molar-refractivity contribution is -0.120. The van der Waals surface area contributed by atoms with Crippen molar-refractivity contribution in [2.75, 3.05) is 5.32 Å². The fourth-order valence-electron chi connectivity index (χ4n) is 3.32. The van der Waals surface area contributed by atoms with E-state index in [1.54, 1.807) is 23.0 Å². The van der Waals surface area contributed by atoms with Crippen LogP contribution in [0.15, 0.2) is 36.5 Å². The fraction of sp³-hybridized carbons (Fsp3) is 0.318. The molecule has 2 aromatic heterocycles. The molecule has 3 aromatic rings. The van der Waals surface area contributed by atoms with Crippen LogP contribution in [0.3, 0.4) is 0 Å². The second-order valence-electron chi connectivity index (χ2n) is 7.58. The molecule has 1 amide bonds. The van der Waals surface area contributed by atoms with E-state index < -0.39 is 0 Å². The van der Waals surface area contributed by atoms with Gasteiger partial charge in [0.1, 0.15) is 5.82 Å². The summed E-state index contributed by atoms with van der Waals surface area (Å²) in [5, 5.41) is 11.9. The molecule has 0 radical (unpaired) electrons.